The molecule has 4 saturated carbocycles. The fourth-order valence-corrected chi connectivity index (χ4v) is 9.31. The van der Waals surface area contributed by atoms with Gasteiger partial charge in [0.05, 0.1) is 5.75 Å². The van der Waals surface area contributed by atoms with E-state index in [0.717, 1.165) is 36.0 Å². The average Bonchev–Trinajstić information content (AvgIpc) is 2.69. The van der Waals surface area contributed by atoms with Crippen molar-refractivity contribution in [3.63, 3.8) is 0 Å². The van der Waals surface area contributed by atoms with Gasteiger partial charge in [-0.2, -0.15) is 20.2 Å². The Morgan fingerprint density at radius 3 is 2.31 bits per heavy atom. The first kappa shape index (κ1) is 24.0. The van der Waals surface area contributed by atoms with Crippen LogP contribution in [0.25, 0.3) is 0 Å². The van der Waals surface area contributed by atoms with Crippen LogP contribution in [0.2, 0.25) is 0 Å². The maximum atomic E-state index is 11.0. The van der Waals surface area contributed by atoms with E-state index >= 15 is 0 Å². The molecule has 4 bridgehead atoms. The molecule has 5 rings (SSSR count). The van der Waals surface area contributed by atoms with Gasteiger partial charge in [-0.05, 0) is 86.2 Å². The van der Waals surface area contributed by atoms with E-state index in [2.05, 4.69) is 23.9 Å². The number of hydrogen-bond donors (Lipinski definition) is 3. The zero-order chi connectivity index (χ0) is 23.0. The molecule has 4 N–H and O–H groups in total. The Bertz CT molecular complexity index is 916. The summed E-state index contributed by atoms with van der Waals surface area (Å²) in [6.07, 6.45) is 10.6. The molecule has 0 aromatic heterocycles. The van der Waals surface area contributed by atoms with Gasteiger partial charge in [-0.15, -0.1) is 0 Å². The van der Waals surface area contributed by atoms with E-state index in [4.69, 9.17) is 15.4 Å². The molecule has 0 amide bonds. The number of benzene rings is 1. The van der Waals surface area contributed by atoms with Crippen LogP contribution in [0.5, 0.6) is 0 Å². The first-order chi connectivity index (χ1) is 15.1. The van der Waals surface area contributed by atoms with Crippen molar-refractivity contribution in [3.8, 4) is 0 Å². The van der Waals surface area contributed by atoms with Crippen LogP contribution in [0.3, 0.4) is 0 Å². The largest absolute Gasteiger partial charge is 0.480 e. The molecule has 8 heteroatoms. The topological polar surface area (TPSA) is 118 Å². The lowest BCUT2D eigenvalue weighted by Crippen LogP contribution is -2.54. The maximum Gasteiger partial charge on any atom is 0.320 e. The van der Waals surface area contributed by atoms with Crippen molar-refractivity contribution >= 4 is 27.8 Å². The summed E-state index contributed by atoms with van der Waals surface area (Å²) in [6.45, 7) is 0. The molecule has 4 aliphatic rings. The predicted octanol–water partition coefficient (Wildman–Crippen LogP) is 4.27. The summed E-state index contributed by atoms with van der Waals surface area (Å²) in [4.78, 5) is 11.0. The highest BCUT2D eigenvalue weighted by Crippen LogP contribution is 2.67. The van der Waals surface area contributed by atoms with Gasteiger partial charge < -0.3 is 10.8 Å². The van der Waals surface area contributed by atoms with Crippen molar-refractivity contribution in [2.24, 2.45) is 23.0 Å². The molecule has 4 fully saturated rings. The van der Waals surface area contributed by atoms with E-state index < -0.39 is 22.1 Å². The van der Waals surface area contributed by atoms with Gasteiger partial charge in [0.25, 0.3) is 10.1 Å². The van der Waals surface area contributed by atoms with Gasteiger partial charge in [0, 0.05) is 10.5 Å². The van der Waals surface area contributed by atoms with Gasteiger partial charge in [0.15, 0.2) is 0 Å². The number of nitrogens with two attached hydrogens (primary N) is 1. The van der Waals surface area contributed by atoms with E-state index in [1.54, 1.807) is 0 Å². The summed E-state index contributed by atoms with van der Waals surface area (Å²) in [6, 6.07) is 7.32. The van der Waals surface area contributed by atoms with Crippen LogP contribution >= 0.6 is 11.8 Å². The van der Waals surface area contributed by atoms with Gasteiger partial charge in [-0.1, -0.05) is 30.7 Å². The molecule has 1 aromatic carbocycles. The van der Waals surface area contributed by atoms with E-state index in [1.165, 1.54) is 44.1 Å². The van der Waals surface area contributed by atoms with E-state index in [-0.39, 0.29) is 5.75 Å². The Labute approximate surface area is 195 Å². The Hall–Kier alpha value is -1.09. The molecular weight excluding hydrogens is 446 g/mol. The van der Waals surface area contributed by atoms with Gasteiger partial charge in [0.2, 0.25) is 0 Å². The van der Waals surface area contributed by atoms with Crippen molar-refractivity contribution in [2.45, 2.75) is 80.7 Å². The monoisotopic (exact) mass is 481 g/mol. The number of thioether (sulfide) groups is 1. The number of aliphatic carboxylic acids is 1. The van der Waals surface area contributed by atoms with Gasteiger partial charge >= 0.3 is 5.97 Å². The highest BCUT2D eigenvalue weighted by molar-refractivity contribution is 7.99. The van der Waals surface area contributed by atoms with Crippen LogP contribution in [-0.2, 0) is 27.1 Å². The normalized spacial score (nSPS) is 32.2. The molecule has 2 unspecified atom stereocenters. The molecule has 0 spiro atoms. The zero-order valence-corrected chi connectivity index (χ0v) is 20.2. The molecule has 0 saturated heterocycles. The lowest BCUT2D eigenvalue weighted by atomic mass is 9.48. The first-order valence-corrected chi connectivity index (χ1v) is 14.3. The van der Waals surface area contributed by atoms with Crippen molar-refractivity contribution < 1.29 is 22.9 Å². The molecule has 0 heterocycles. The van der Waals surface area contributed by atoms with Crippen molar-refractivity contribution in [2.75, 3.05) is 5.75 Å². The summed E-state index contributed by atoms with van der Waals surface area (Å²) < 4.78 is 31.4. The fraction of sp³-hybridized carbons (Fsp3) is 0.708. The molecule has 3 atom stereocenters. The van der Waals surface area contributed by atoms with Crippen LogP contribution in [0.15, 0.2) is 24.3 Å². The van der Waals surface area contributed by atoms with Gasteiger partial charge in [-0.25, -0.2) is 0 Å². The minimum Gasteiger partial charge on any atom is -0.480 e. The lowest BCUT2D eigenvalue weighted by Gasteiger charge is -2.62. The number of carboxylic acids is 1. The number of carbonyl (C=O) groups is 1. The summed E-state index contributed by atoms with van der Waals surface area (Å²) in [5.74, 6) is 1.46. The Kier molecular flexibility index (Phi) is 6.97. The van der Waals surface area contributed by atoms with Crippen molar-refractivity contribution in [3.05, 3.63) is 35.4 Å². The molecule has 32 heavy (non-hydrogen) atoms. The third-order valence-corrected chi connectivity index (χ3v) is 10.2. The van der Waals surface area contributed by atoms with Gasteiger partial charge in [0.1, 0.15) is 6.04 Å². The van der Waals surface area contributed by atoms with Crippen LogP contribution in [0.4, 0.5) is 0 Å². The number of rotatable bonds is 11. The lowest BCUT2D eigenvalue weighted by molar-refractivity contribution is -0.138. The number of carboxylic acid groups (broad SMARTS) is 1. The van der Waals surface area contributed by atoms with E-state index in [1.807, 2.05) is 12.1 Å². The number of unbranched alkanes of at least 4 members (excludes halogenated alkanes) is 1. The predicted molar refractivity (Wildman–Crippen MR) is 127 cm³/mol. The second-order valence-corrected chi connectivity index (χ2v) is 13.7. The minimum absolute atomic E-state index is 0.122. The minimum atomic E-state index is -3.86. The summed E-state index contributed by atoms with van der Waals surface area (Å²) in [5, 5.41) is 8.99. The number of hydrogen-bond acceptors (Lipinski definition) is 5. The summed E-state index contributed by atoms with van der Waals surface area (Å²) in [7, 11) is -3.86. The van der Waals surface area contributed by atoms with Gasteiger partial charge in [-0.3, -0.25) is 9.35 Å². The van der Waals surface area contributed by atoms with Crippen LogP contribution < -0.4 is 5.73 Å². The van der Waals surface area contributed by atoms with Crippen molar-refractivity contribution in [1.29, 1.82) is 0 Å². The second-order valence-electron chi connectivity index (χ2n) is 10.6. The molecule has 1 aromatic rings. The zero-order valence-electron chi connectivity index (χ0n) is 18.5. The second kappa shape index (κ2) is 9.28. The Balaban J connectivity index is 1.35. The van der Waals surface area contributed by atoms with Crippen LogP contribution in [0.1, 0.15) is 68.9 Å². The molecule has 4 aliphatic carbocycles. The first-order valence-electron chi connectivity index (χ1n) is 11.7. The highest BCUT2D eigenvalue weighted by atomic mass is 32.2. The molecule has 6 nitrogen and oxygen atoms in total. The Morgan fingerprint density at radius 1 is 1.09 bits per heavy atom. The molecule has 0 radical (unpaired) electrons. The molecule has 0 aliphatic heterocycles. The van der Waals surface area contributed by atoms with Crippen molar-refractivity contribution in [1.82, 2.24) is 0 Å². The molecule has 178 valence electrons. The smallest absolute Gasteiger partial charge is 0.320 e. The average molecular weight is 482 g/mol. The van der Waals surface area contributed by atoms with Crippen LogP contribution in [0, 0.1) is 17.3 Å². The third kappa shape index (κ3) is 5.88. The SMILES string of the molecule is N[C@@H](Cc1ccc(CSC23CC4CC(CC(CCCCS(=O)(=O)O)(C4)C2)C3)cc1)C(=O)O. The standard InChI is InChI=1S/C24H35NO5S2/c25-21(22(26)27)10-17-3-5-18(6-4-17)15-31-24-13-19-9-20(14-24)12-23(11-19,16-24)7-1-2-8-32(28,29)30/h3-6,19-21H,1-2,7-16,25H2,(H,26,27)(H,28,29,30)/t19?,20?,21-,23?,24?/m0/s1. The highest BCUT2D eigenvalue weighted by Gasteiger charge is 2.57. The summed E-state index contributed by atoms with van der Waals surface area (Å²) in [5.41, 5.74) is 8.22. The summed E-state index contributed by atoms with van der Waals surface area (Å²) >= 11 is 2.10. The third-order valence-electron chi connectivity index (χ3n) is 7.83. The van der Waals surface area contributed by atoms with E-state index in [9.17, 15) is 13.2 Å². The maximum absolute atomic E-state index is 11.0. The Morgan fingerprint density at radius 2 is 1.72 bits per heavy atom. The van der Waals surface area contributed by atoms with Crippen LogP contribution in [-0.4, -0.2) is 40.6 Å². The fourth-order valence-electron chi connectivity index (χ4n) is 6.96. The quantitative estimate of drug-likeness (QED) is 0.319. The van der Waals surface area contributed by atoms with E-state index in [0.29, 0.717) is 23.0 Å². The molecular formula is C24H35NO5S2.